The number of nitrogens with zero attached hydrogens (tertiary/aromatic N) is 2. The van der Waals surface area contributed by atoms with Gasteiger partial charge in [0.15, 0.2) is 8.32 Å². The van der Waals surface area contributed by atoms with Gasteiger partial charge in [-0.1, -0.05) is 40.7 Å². The van der Waals surface area contributed by atoms with Crippen LogP contribution in [0.2, 0.25) is 18.1 Å². The maximum atomic E-state index is 14.0. The molecule has 272 valence electrons. The van der Waals surface area contributed by atoms with Gasteiger partial charge in [0.2, 0.25) is 0 Å². The number of nitriles is 1. The minimum Gasteiger partial charge on any atom is -0.455 e. The third-order valence-electron chi connectivity index (χ3n) is 11.6. The van der Waals surface area contributed by atoms with E-state index in [1.165, 1.54) is 19.1 Å². The van der Waals surface area contributed by atoms with Crippen molar-refractivity contribution in [3.05, 3.63) is 63.0 Å². The highest BCUT2D eigenvalue weighted by molar-refractivity contribution is 6.74. The molecule has 1 aliphatic carbocycles. The van der Waals surface area contributed by atoms with Crippen LogP contribution < -0.4 is 0 Å². The minimum atomic E-state index is -4.68. The van der Waals surface area contributed by atoms with Crippen LogP contribution in [0.1, 0.15) is 143 Å². The van der Waals surface area contributed by atoms with E-state index in [0.717, 1.165) is 28.5 Å². The molecular formula is C38H49F3N2O6Si. The Bertz CT molecular complexity index is 1680. The monoisotopic (exact) mass is 714 g/mol. The Morgan fingerprint density at radius 2 is 1.66 bits per heavy atom. The Morgan fingerprint density at radius 1 is 1.02 bits per heavy atom. The lowest BCUT2D eigenvalue weighted by atomic mass is 9.68. The van der Waals surface area contributed by atoms with Gasteiger partial charge in [-0.25, -0.2) is 0 Å². The topological polar surface area (TPSA) is 99.9 Å². The molecule has 50 heavy (non-hydrogen) atoms. The lowest BCUT2D eigenvalue weighted by molar-refractivity contribution is -0.156. The highest BCUT2D eigenvalue weighted by Gasteiger charge is 2.56. The van der Waals surface area contributed by atoms with Gasteiger partial charge in [0.05, 0.1) is 40.3 Å². The summed E-state index contributed by atoms with van der Waals surface area (Å²) < 4.78 is 74.2. The predicted molar refractivity (Wildman–Crippen MR) is 182 cm³/mol. The van der Waals surface area contributed by atoms with Crippen molar-refractivity contribution in [2.45, 2.75) is 128 Å². The van der Waals surface area contributed by atoms with E-state index in [4.69, 9.17) is 28.4 Å². The van der Waals surface area contributed by atoms with Crippen molar-refractivity contribution >= 4 is 14.3 Å². The van der Waals surface area contributed by atoms with Gasteiger partial charge in [-0.2, -0.15) is 18.4 Å². The summed E-state index contributed by atoms with van der Waals surface area (Å²) in [6, 6.07) is 5.50. The first kappa shape index (κ1) is 37.0. The van der Waals surface area contributed by atoms with Crippen molar-refractivity contribution in [3.8, 4) is 6.07 Å². The van der Waals surface area contributed by atoms with Gasteiger partial charge < -0.3 is 23.4 Å². The molecule has 2 saturated heterocycles. The second-order valence-corrected chi connectivity index (χ2v) is 21.3. The summed E-state index contributed by atoms with van der Waals surface area (Å²) in [5.41, 5.74) is 1.71. The molecule has 0 amide bonds. The molecule has 2 fully saturated rings. The summed E-state index contributed by atoms with van der Waals surface area (Å²) >= 11 is 0. The van der Waals surface area contributed by atoms with Gasteiger partial charge in [-0.15, -0.1) is 0 Å². The molecule has 8 nitrogen and oxygen atoms in total. The van der Waals surface area contributed by atoms with Gasteiger partial charge in [0, 0.05) is 68.7 Å². The number of benzene rings is 1. The van der Waals surface area contributed by atoms with Crippen molar-refractivity contribution in [2.24, 2.45) is 5.41 Å². The summed E-state index contributed by atoms with van der Waals surface area (Å²) in [5, 5.41) is 9.77. The zero-order valence-electron chi connectivity index (χ0n) is 30.4. The van der Waals surface area contributed by atoms with Crippen LogP contribution in [0.5, 0.6) is 0 Å². The molecule has 1 aromatic carbocycles. The number of fused-ring (bicyclic) bond motifs is 4. The Hall–Kier alpha value is -2.82. The summed E-state index contributed by atoms with van der Waals surface area (Å²) in [6.07, 6.45) is -3.55. The zero-order valence-corrected chi connectivity index (χ0v) is 31.4. The van der Waals surface area contributed by atoms with E-state index in [9.17, 15) is 23.2 Å². The molecule has 1 spiro atoms. The largest absolute Gasteiger partial charge is 0.455 e. The van der Waals surface area contributed by atoms with Gasteiger partial charge in [-0.3, -0.25) is 9.78 Å². The van der Waals surface area contributed by atoms with Crippen LogP contribution in [-0.4, -0.2) is 45.7 Å². The van der Waals surface area contributed by atoms with Crippen LogP contribution in [0.25, 0.3) is 0 Å². The van der Waals surface area contributed by atoms with Crippen LogP contribution in [0.15, 0.2) is 18.2 Å². The number of rotatable bonds is 5. The number of hydrogen-bond acceptors (Lipinski definition) is 8. The van der Waals surface area contributed by atoms with Crippen molar-refractivity contribution in [3.63, 3.8) is 0 Å². The summed E-state index contributed by atoms with van der Waals surface area (Å²) in [5.74, 6) is -0.437. The first-order valence-corrected chi connectivity index (χ1v) is 20.6. The average molecular weight is 715 g/mol. The minimum absolute atomic E-state index is 0.0310. The SMILES string of the molecule is CC(=O)O[C@H]1c2nc(C3CCOCC3)c3c(c2[C@@H](O[Si](C)(C)C(C)(C)C)CC1(C)C)C1(CCOCC1)O[C@@H]3c1ccc(C(F)(F)F)c(C#N)c1. The fourth-order valence-corrected chi connectivity index (χ4v) is 9.26. The van der Waals surface area contributed by atoms with Crippen LogP contribution in [0.3, 0.4) is 0 Å². The van der Waals surface area contributed by atoms with Gasteiger partial charge >= 0.3 is 12.1 Å². The molecule has 4 heterocycles. The molecule has 3 atom stereocenters. The smallest absolute Gasteiger partial charge is 0.417 e. The normalized spacial score (nSPS) is 25.1. The number of aromatic nitrogens is 1. The van der Waals surface area contributed by atoms with Crippen LogP contribution >= 0.6 is 0 Å². The average Bonchev–Trinajstić information content (AvgIpc) is 3.35. The summed E-state index contributed by atoms with van der Waals surface area (Å²) in [4.78, 5) is 18.2. The van der Waals surface area contributed by atoms with Crippen molar-refractivity contribution in [2.75, 3.05) is 26.4 Å². The molecule has 3 aliphatic heterocycles. The molecule has 0 bridgehead atoms. The number of hydrogen-bond donors (Lipinski definition) is 0. The lowest BCUT2D eigenvalue weighted by Crippen LogP contribution is -2.46. The fourth-order valence-electron chi connectivity index (χ4n) is 8.00. The van der Waals surface area contributed by atoms with E-state index in [1.54, 1.807) is 6.07 Å². The molecule has 0 N–H and O–H groups in total. The van der Waals surface area contributed by atoms with Crippen LogP contribution in [0.4, 0.5) is 13.2 Å². The standard InChI is InChI=1S/C38H49F3N2O6Si/c1-22(44)47-34-32-28(27(20-36(34,5)6)49-50(7,8)35(2,3)4)30-29(31(43-32)23-11-15-45-16-12-23)33(48-37(30)13-17-46-18-14-37)24-9-10-26(38(39,40)41)25(19-24)21-42/h9-10,19,23,27,33-34H,11-18,20H2,1-8H3/t27-,33+,34-/m0/s1. The molecule has 0 unspecified atom stereocenters. The van der Waals surface area contributed by atoms with Crippen LogP contribution in [0, 0.1) is 16.7 Å². The third-order valence-corrected chi connectivity index (χ3v) is 16.1. The Labute approximate surface area is 294 Å². The van der Waals surface area contributed by atoms with E-state index in [-0.39, 0.29) is 11.0 Å². The summed E-state index contributed by atoms with van der Waals surface area (Å²) in [6.45, 7) is 18.6. The maximum Gasteiger partial charge on any atom is 0.417 e. The van der Waals surface area contributed by atoms with Gasteiger partial charge in [0.25, 0.3) is 0 Å². The van der Waals surface area contributed by atoms with Crippen molar-refractivity contribution in [1.29, 1.82) is 5.26 Å². The lowest BCUT2D eigenvalue weighted by Gasteiger charge is -2.48. The number of carbonyl (C=O) groups excluding carboxylic acids is 1. The van der Waals surface area contributed by atoms with Crippen LogP contribution in [-0.2, 0) is 39.9 Å². The fraction of sp³-hybridized carbons (Fsp3) is 0.658. The molecule has 0 radical (unpaired) electrons. The molecule has 4 aliphatic rings. The number of ether oxygens (including phenoxy) is 4. The number of esters is 1. The quantitative estimate of drug-likeness (QED) is 0.224. The maximum absolute atomic E-state index is 14.0. The zero-order chi connectivity index (χ0) is 36.4. The third kappa shape index (κ3) is 6.53. The highest BCUT2D eigenvalue weighted by atomic mass is 28.4. The van der Waals surface area contributed by atoms with Gasteiger partial charge in [0.1, 0.15) is 12.2 Å². The first-order valence-electron chi connectivity index (χ1n) is 17.7. The van der Waals surface area contributed by atoms with E-state index in [0.29, 0.717) is 69.8 Å². The second-order valence-electron chi connectivity index (χ2n) is 16.5. The Kier molecular flexibility index (Phi) is 9.60. The Balaban J connectivity index is 1.69. The van der Waals surface area contributed by atoms with Crippen molar-refractivity contribution < 1.29 is 41.3 Å². The molecule has 2 aromatic rings. The molecule has 1 aromatic heterocycles. The second kappa shape index (κ2) is 13.0. The number of alkyl halides is 3. The first-order chi connectivity index (χ1) is 23.3. The number of pyridine rings is 1. The van der Waals surface area contributed by atoms with E-state index >= 15 is 0 Å². The van der Waals surface area contributed by atoms with Gasteiger partial charge in [-0.05, 0) is 60.7 Å². The predicted octanol–water partition coefficient (Wildman–Crippen LogP) is 9.09. The van der Waals surface area contributed by atoms with Crippen molar-refractivity contribution in [1.82, 2.24) is 4.98 Å². The Morgan fingerprint density at radius 3 is 2.24 bits per heavy atom. The number of carbonyl (C=O) groups is 1. The molecule has 0 saturated carbocycles. The molecular weight excluding hydrogens is 666 g/mol. The summed E-state index contributed by atoms with van der Waals surface area (Å²) in [7, 11) is -2.39. The van der Waals surface area contributed by atoms with E-state index in [2.05, 4.69) is 47.7 Å². The molecule has 6 rings (SSSR count). The van der Waals surface area contributed by atoms with E-state index in [1.807, 2.05) is 0 Å². The van der Waals surface area contributed by atoms with E-state index < -0.39 is 60.9 Å². The molecule has 12 heteroatoms. The highest BCUT2D eigenvalue weighted by Crippen LogP contribution is 2.61. The number of halogens is 3.